The van der Waals surface area contributed by atoms with Crippen LogP contribution in [0, 0.1) is 35.8 Å². The highest BCUT2D eigenvalue weighted by atomic mass is 16.6. The third kappa shape index (κ3) is 3.57. The van der Waals surface area contributed by atoms with Gasteiger partial charge in [0, 0.05) is 11.8 Å². The van der Waals surface area contributed by atoms with Crippen LogP contribution >= 0.6 is 0 Å². The smallest absolute Gasteiger partial charge is 0.278 e. The number of ether oxygens (including phenoxy) is 1. The standard InChI is InChI=1S/C15H23N3O3/c1-10-7-17-14(11(2)15(10)18(19)20)9-21-8-13-5-3-4-12(13)6-16/h7,12-13H,3-6,8-9,16H2,1-2H3. The van der Waals surface area contributed by atoms with Crippen molar-refractivity contribution in [3.8, 4) is 0 Å². The van der Waals surface area contributed by atoms with E-state index in [2.05, 4.69) is 4.98 Å². The average molecular weight is 293 g/mol. The van der Waals surface area contributed by atoms with E-state index in [0.717, 1.165) is 6.42 Å². The van der Waals surface area contributed by atoms with Gasteiger partial charge in [0.05, 0.1) is 29.4 Å². The van der Waals surface area contributed by atoms with Crippen molar-refractivity contribution in [2.24, 2.45) is 17.6 Å². The van der Waals surface area contributed by atoms with Gasteiger partial charge in [-0.1, -0.05) is 6.42 Å². The molecule has 2 unspecified atom stereocenters. The van der Waals surface area contributed by atoms with E-state index in [1.165, 1.54) is 12.8 Å². The van der Waals surface area contributed by atoms with Gasteiger partial charge in [-0.05, 0) is 45.1 Å². The fourth-order valence-corrected chi connectivity index (χ4v) is 3.14. The van der Waals surface area contributed by atoms with E-state index in [4.69, 9.17) is 10.5 Å². The van der Waals surface area contributed by atoms with Gasteiger partial charge < -0.3 is 10.5 Å². The van der Waals surface area contributed by atoms with Gasteiger partial charge in [0.15, 0.2) is 0 Å². The van der Waals surface area contributed by atoms with E-state index in [9.17, 15) is 10.1 Å². The largest absolute Gasteiger partial charge is 0.375 e. The lowest BCUT2D eigenvalue weighted by atomic mass is 9.97. The molecule has 2 atom stereocenters. The molecule has 6 nitrogen and oxygen atoms in total. The van der Waals surface area contributed by atoms with Gasteiger partial charge >= 0.3 is 0 Å². The van der Waals surface area contributed by atoms with Gasteiger partial charge in [0.1, 0.15) is 0 Å². The molecule has 1 heterocycles. The van der Waals surface area contributed by atoms with Gasteiger partial charge in [-0.3, -0.25) is 15.1 Å². The fraction of sp³-hybridized carbons (Fsp3) is 0.667. The second-order valence-electron chi connectivity index (χ2n) is 5.82. The second-order valence-corrected chi connectivity index (χ2v) is 5.82. The molecule has 0 saturated heterocycles. The first kappa shape index (κ1) is 15.9. The Hall–Kier alpha value is -1.53. The van der Waals surface area contributed by atoms with Crippen LogP contribution in [0.5, 0.6) is 0 Å². The predicted molar refractivity (Wildman–Crippen MR) is 79.9 cm³/mol. The van der Waals surface area contributed by atoms with Crippen LogP contribution < -0.4 is 5.73 Å². The Morgan fingerprint density at radius 1 is 1.43 bits per heavy atom. The summed E-state index contributed by atoms with van der Waals surface area (Å²) in [6, 6.07) is 0. The van der Waals surface area contributed by atoms with E-state index >= 15 is 0 Å². The van der Waals surface area contributed by atoms with Crippen LogP contribution in [0.1, 0.15) is 36.1 Å². The minimum absolute atomic E-state index is 0.143. The predicted octanol–water partition coefficient (Wildman–Crippen LogP) is 2.50. The van der Waals surface area contributed by atoms with Crippen molar-refractivity contribution in [1.82, 2.24) is 4.98 Å². The van der Waals surface area contributed by atoms with E-state index < -0.39 is 0 Å². The molecule has 0 aliphatic heterocycles. The summed E-state index contributed by atoms with van der Waals surface area (Å²) in [5.41, 5.74) is 7.73. The van der Waals surface area contributed by atoms with Crippen LogP contribution in [-0.4, -0.2) is 23.1 Å². The van der Waals surface area contributed by atoms with Crippen LogP contribution in [0.25, 0.3) is 0 Å². The monoisotopic (exact) mass is 293 g/mol. The molecule has 0 bridgehead atoms. The zero-order valence-corrected chi connectivity index (χ0v) is 12.7. The number of hydrogen-bond donors (Lipinski definition) is 1. The molecule has 0 aromatic carbocycles. The first-order valence-corrected chi connectivity index (χ1v) is 7.41. The number of hydrogen-bond acceptors (Lipinski definition) is 5. The fourth-order valence-electron chi connectivity index (χ4n) is 3.14. The summed E-state index contributed by atoms with van der Waals surface area (Å²) in [4.78, 5) is 15.0. The third-order valence-corrected chi connectivity index (χ3v) is 4.45. The van der Waals surface area contributed by atoms with Crippen LogP contribution in [0.3, 0.4) is 0 Å². The normalized spacial score (nSPS) is 21.7. The Bertz CT molecular complexity index is 519. The molecule has 1 aliphatic rings. The van der Waals surface area contributed by atoms with Gasteiger partial charge in [-0.15, -0.1) is 0 Å². The summed E-state index contributed by atoms with van der Waals surface area (Å²) in [5.74, 6) is 1.06. The maximum atomic E-state index is 11.1. The number of nitrogens with zero attached hydrogens (tertiary/aromatic N) is 2. The summed E-state index contributed by atoms with van der Waals surface area (Å²) in [7, 11) is 0. The lowest BCUT2D eigenvalue weighted by Gasteiger charge is -2.18. The molecular weight excluding hydrogens is 270 g/mol. The van der Waals surface area contributed by atoms with Crippen molar-refractivity contribution >= 4 is 5.69 Å². The molecular formula is C15H23N3O3. The molecule has 21 heavy (non-hydrogen) atoms. The van der Waals surface area contributed by atoms with Gasteiger partial charge in [-0.2, -0.15) is 0 Å². The summed E-state index contributed by atoms with van der Waals surface area (Å²) < 4.78 is 5.75. The molecule has 0 radical (unpaired) electrons. The molecule has 6 heteroatoms. The molecule has 1 fully saturated rings. The highest BCUT2D eigenvalue weighted by Crippen LogP contribution is 2.31. The number of aryl methyl sites for hydroxylation is 1. The summed E-state index contributed by atoms with van der Waals surface area (Å²) >= 11 is 0. The van der Waals surface area contributed by atoms with Gasteiger partial charge in [0.2, 0.25) is 0 Å². The van der Waals surface area contributed by atoms with Gasteiger partial charge in [-0.25, -0.2) is 0 Å². The quantitative estimate of drug-likeness (QED) is 0.642. The lowest BCUT2D eigenvalue weighted by Crippen LogP contribution is -2.22. The number of nitrogens with two attached hydrogens (primary N) is 1. The maximum Gasteiger partial charge on any atom is 0.278 e. The Balaban J connectivity index is 1.98. The van der Waals surface area contributed by atoms with Crippen molar-refractivity contribution < 1.29 is 9.66 Å². The van der Waals surface area contributed by atoms with E-state index in [1.54, 1.807) is 20.0 Å². The molecule has 116 valence electrons. The summed E-state index contributed by atoms with van der Waals surface area (Å²) in [6.07, 6.45) is 5.09. The highest BCUT2D eigenvalue weighted by molar-refractivity contribution is 5.47. The summed E-state index contributed by atoms with van der Waals surface area (Å²) in [5, 5.41) is 11.1. The number of pyridine rings is 1. The third-order valence-electron chi connectivity index (χ3n) is 4.45. The second kappa shape index (κ2) is 6.95. The molecule has 0 spiro atoms. The molecule has 1 saturated carbocycles. The van der Waals surface area contributed by atoms with Gasteiger partial charge in [0.25, 0.3) is 5.69 Å². The molecule has 2 rings (SSSR count). The Morgan fingerprint density at radius 2 is 2.14 bits per heavy atom. The zero-order chi connectivity index (χ0) is 15.4. The van der Waals surface area contributed by atoms with Crippen molar-refractivity contribution in [1.29, 1.82) is 0 Å². The molecule has 1 aliphatic carbocycles. The average Bonchev–Trinajstić information content (AvgIpc) is 2.88. The maximum absolute atomic E-state index is 11.1. The topological polar surface area (TPSA) is 91.3 Å². The number of rotatable bonds is 6. The number of aromatic nitrogens is 1. The van der Waals surface area contributed by atoms with E-state index in [0.29, 0.717) is 48.4 Å². The zero-order valence-electron chi connectivity index (χ0n) is 12.7. The molecule has 2 N–H and O–H groups in total. The van der Waals surface area contributed by atoms with Crippen LogP contribution in [0.15, 0.2) is 6.20 Å². The highest BCUT2D eigenvalue weighted by Gasteiger charge is 2.26. The molecule has 0 amide bonds. The van der Waals surface area contributed by atoms with Crippen molar-refractivity contribution in [2.75, 3.05) is 13.2 Å². The van der Waals surface area contributed by atoms with E-state index in [-0.39, 0.29) is 10.6 Å². The van der Waals surface area contributed by atoms with Crippen molar-refractivity contribution in [3.63, 3.8) is 0 Å². The lowest BCUT2D eigenvalue weighted by molar-refractivity contribution is -0.386. The Morgan fingerprint density at radius 3 is 2.81 bits per heavy atom. The van der Waals surface area contributed by atoms with Crippen LogP contribution in [0.4, 0.5) is 5.69 Å². The Kier molecular flexibility index (Phi) is 5.25. The van der Waals surface area contributed by atoms with Crippen molar-refractivity contribution in [3.05, 3.63) is 33.1 Å². The first-order valence-electron chi connectivity index (χ1n) is 7.41. The number of nitro groups is 1. The van der Waals surface area contributed by atoms with E-state index in [1.807, 2.05) is 0 Å². The first-order chi connectivity index (χ1) is 10.0. The Labute approximate surface area is 124 Å². The van der Waals surface area contributed by atoms with Crippen LogP contribution in [-0.2, 0) is 11.3 Å². The molecule has 1 aromatic heterocycles. The SMILES string of the molecule is Cc1cnc(COCC2CCCC2CN)c(C)c1[N+](=O)[O-]. The van der Waals surface area contributed by atoms with Crippen molar-refractivity contribution in [2.45, 2.75) is 39.7 Å². The van der Waals surface area contributed by atoms with Crippen LogP contribution in [0.2, 0.25) is 0 Å². The molecule has 1 aromatic rings. The minimum Gasteiger partial charge on any atom is -0.375 e. The summed E-state index contributed by atoms with van der Waals surface area (Å²) in [6.45, 7) is 5.12. The minimum atomic E-state index is -0.350.